The largest absolute Gasteiger partial charge is 0.335 e. The molecule has 0 aliphatic heterocycles. The van der Waals surface area contributed by atoms with Gasteiger partial charge in [-0.3, -0.25) is 5.32 Å². The Kier molecular flexibility index (Phi) is 2.30. The number of hydrogen-bond acceptors (Lipinski definition) is 3. The predicted molar refractivity (Wildman–Crippen MR) is 56.4 cm³/mol. The molecule has 1 saturated carbocycles. The minimum atomic E-state index is -0.204. The van der Waals surface area contributed by atoms with Gasteiger partial charge in [-0.15, -0.1) is 0 Å². The first-order valence-corrected chi connectivity index (χ1v) is 4.91. The Balaban J connectivity index is 1.84. The molecule has 2 rings (SSSR count). The predicted octanol–water partition coefficient (Wildman–Crippen LogP) is 1.40. The molecule has 0 saturated heterocycles. The summed E-state index contributed by atoms with van der Waals surface area (Å²) in [6.45, 7) is 4.26. The molecule has 1 fully saturated rings. The van der Waals surface area contributed by atoms with Gasteiger partial charge in [-0.25, -0.2) is 14.8 Å². The summed E-state index contributed by atoms with van der Waals surface area (Å²) < 4.78 is 0. The lowest BCUT2D eigenvalue weighted by Crippen LogP contribution is -2.32. The molecule has 0 spiro atoms. The van der Waals surface area contributed by atoms with Gasteiger partial charge in [-0.05, 0) is 17.9 Å². The van der Waals surface area contributed by atoms with E-state index in [0.29, 0.717) is 5.82 Å². The van der Waals surface area contributed by atoms with E-state index in [1.54, 1.807) is 12.3 Å². The second-order valence-electron chi connectivity index (χ2n) is 4.44. The molecule has 0 unspecified atom stereocenters. The highest BCUT2D eigenvalue weighted by Crippen LogP contribution is 2.44. The molecule has 1 aliphatic rings. The van der Waals surface area contributed by atoms with E-state index in [4.69, 9.17) is 0 Å². The summed E-state index contributed by atoms with van der Waals surface area (Å²) in [7, 11) is 0. The molecule has 15 heavy (non-hydrogen) atoms. The van der Waals surface area contributed by atoms with Crippen molar-refractivity contribution in [1.29, 1.82) is 0 Å². The van der Waals surface area contributed by atoms with E-state index in [-0.39, 0.29) is 17.5 Å². The van der Waals surface area contributed by atoms with Crippen molar-refractivity contribution in [3.8, 4) is 0 Å². The summed E-state index contributed by atoms with van der Waals surface area (Å²) in [4.78, 5) is 19.1. The van der Waals surface area contributed by atoms with Crippen molar-refractivity contribution < 1.29 is 4.79 Å². The van der Waals surface area contributed by atoms with Crippen LogP contribution in [0.4, 0.5) is 10.6 Å². The van der Waals surface area contributed by atoms with Crippen LogP contribution in [0.5, 0.6) is 0 Å². The zero-order valence-electron chi connectivity index (χ0n) is 8.82. The second kappa shape index (κ2) is 3.49. The SMILES string of the molecule is CC1(C)C[C@@H]1NC(=O)Nc1ccncn1. The minimum absolute atomic E-state index is 0.204. The first-order valence-electron chi connectivity index (χ1n) is 4.91. The van der Waals surface area contributed by atoms with Gasteiger partial charge in [0.05, 0.1) is 0 Å². The number of rotatable bonds is 2. The minimum Gasteiger partial charge on any atom is -0.335 e. The van der Waals surface area contributed by atoms with Crippen molar-refractivity contribution in [2.24, 2.45) is 5.41 Å². The zero-order valence-corrected chi connectivity index (χ0v) is 8.82. The zero-order chi connectivity index (χ0) is 10.9. The first kappa shape index (κ1) is 9.89. The van der Waals surface area contributed by atoms with Gasteiger partial charge >= 0.3 is 6.03 Å². The van der Waals surface area contributed by atoms with Gasteiger partial charge in [-0.1, -0.05) is 13.8 Å². The fourth-order valence-corrected chi connectivity index (χ4v) is 1.39. The topological polar surface area (TPSA) is 66.9 Å². The quantitative estimate of drug-likeness (QED) is 0.768. The number of anilines is 1. The summed E-state index contributed by atoms with van der Waals surface area (Å²) in [5, 5.41) is 5.53. The third-order valence-corrected chi connectivity index (χ3v) is 2.64. The van der Waals surface area contributed by atoms with Crippen LogP contribution in [0.25, 0.3) is 0 Å². The molecule has 0 bridgehead atoms. The molecule has 2 amide bonds. The fraction of sp³-hybridized carbons (Fsp3) is 0.500. The number of urea groups is 1. The lowest BCUT2D eigenvalue weighted by Gasteiger charge is -2.07. The molecule has 0 aromatic carbocycles. The number of aromatic nitrogens is 2. The molecular weight excluding hydrogens is 192 g/mol. The van der Waals surface area contributed by atoms with Crippen LogP contribution in [-0.2, 0) is 0 Å². The summed E-state index contributed by atoms with van der Waals surface area (Å²) >= 11 is 0. The van der Waals surface area contributed by atoms with Gasteiger partial charge in [0, 0.05) is 12.2 Å². The normalized spacial score (nSPS) is 21.9. The third-order valence-electron chi connectivity index (χ3n) is 2.64. The van der Waals surface area contributed by atoms with Crippen LogP contribution >= 0.6 is 0 Å². The first-order chi connectivity index (χ1) is 7.08. The van der Waals surface area contributed by atoms with E-state index in [1.165, 1.54) is 6.33 Å². The highest BCUT2D eigenvalue weighted by Gasteiger charge is 2.46. The smallest absolute Gasteiger partial charge is 0.320 e. The maximum Gasteiger partial charge on any atom is 0.320 e. The van der Waals surface area contributed by atoms with Crippen LogP contribution in [0.3, 0.4) is 0 Å². The van der Waals surface area contributed by atoms with Crippen LogP contribution in [0.1, 0.15) is 20.3 Å². The van der Waals surface area contributed by atoms with Gasteiger partial charge in [0.2, 0.25) is 0 Å². The van der Waals surface area contributed by atoms with E-state index in [2.05, 4.69) is 34.4 Å². The third kappa shape index (κ3) is 2.43. The van der Waals surface area contributed by atoms with Crippen molar-refractivity contribution in [3.05, 3.63) is 18.6 Å². The Morgan fingerprint density at radius 3 is 2.87 bits per heavy atom. The van der Waals surface area contributed by atoms with Gasteiger partial charge in [0.25, 0.3) is 0 Å². The number of amides is 2. The van der Waals surface area contributed by atoms with Crippen molar-refractivity contribution in [3.63, 3.8) is 0 Å². The molecule has 1 aliphatic carbocycles. The Hall–Kier alpha value is -1.65. The van der Waals surface area contributed by atoms with Crippen molar-refractivity contribution in [2.45, 2.75) is 26.3 Å². The van der Waals surface area contributed by atoms with Crippen molar-refractivity contribution in [2.75, 3.05) is 5.32 Å². The summed E-state index contributed by atoms with van der Waals surface area (Å²) in [6.07, 6.45) is 4.02. The highest BCUT2D eigenvalue weighted by atomic mass is 16.2. The molecule has 5 heteroatoms. The van der Waals surface area contributed by atoms with Gasteiger partial charge in [0.15, 0.2) is 0 Å². The number of carbonyl (C=O) groups excluding carboxylic acids is 1. The van der Waals surface area contributed by atoms with Gasteiger partial charge in [0.1, 0.15) is 12.1 Å². The number of nitrogens with one attached hydrogen (secondary N) is 2. The molecule has 1 aromatic heterocycles. The molecule has 5 nitrogen and oxygen atoms in total. The summed E-state index contributed by atoms with van der Waals surface area (Å²) in [6, 6.07) is 1.72. The standard InChI is InChI=1S/C10H14N4O/c1-10(2)5-7(10)13-9(15)14-8-3-4-11-6-12-8/h3-4,6-7H,5H2,1-2H3,(H2,11,12,13,14,15)/t7-/m0/s1. The lowest BCUT2D eigenvalue weighted by atomic mass is 10.2. The molecule has 1 aromatic rings. The molecular formula is C10H14N4O. The molecule has 1 atom stereocenters. The highest BCUT2D eigenvalue weighted by molar-refractivity contribution is 5.88. The lowest BCUT2D eigenvalue weighted by molar-refractivity contribution is 0.250. The second-order valence-corrected chi connectivity index (χ2v) is 4.44. The van der Waals surface area contributed by atoms with Crippen LogP contribution in [0.2, 0.25) is 0 Å². The Labute approximate surface area is 88.3 Å². The van der Waals surface area contributed by atoms with Crippen LogP contribution in [0.15, 0.2) is 18.6 Å². The van der Waals surface area contributed by atoms with E-state index < -0.39 is 0 Å². The Morgan fingerprint density at radius 2 is 2.33 bits per heavy atom. The fourth-order valence-electron chi connectivity index (χ4n) is 1.39. The average molecular weight is 206 g/mol. The molecule has 2 N–H and O–H groups in total. The van der Waals surface area contributed by atoms with E-state index in [1.807, 2.05) is 0 Å². The molecule has 80 valence electrons. The van der Waals surface area contributed by atoms with Gasteiger partial charge < -0.3 is 5.32 Å². The number of carbonyl (C=O) groups is 1. The molecule has 1 heterocycles. The number of hydrogen-bond donors (Lipinski definition) is 2. The van der Waals surface area contributed by atoms with Gasteiger partial charge in [-0.2, -0.15) is 0 Å². The maximum atomic E-state index is 11.5. The van der Waals surface area contributed by atoms with E-state index in [9.17, 15) is 4.79 Å². The summed E-state index contributed by atoms with van der Waals surface area (Å²) in [5.41, 5.74) is 0.239. The van der Waals surface area contributed by atoms with Crippen LogP contribution < -0.4 is 10.6 Å². The van der Waals surface area contributed by atoms with E-state index in [0.717, 1.165) is 6.42 Å². The van der Waals surface area contributed by atoms with Crippen molar-refractivity contribution in [1.82, 2.24) is 15.3 Å². The van der Waals surface area contributed by atoms with E-state index >= 15 is 0 Å². The summed E-state index contributed by atoms with van der Waals surface area (Å²) in [5.74, 6) is 0.515. The Morgan fingerprint density at radius 1 is 1.60 bits per heavy atom. The monoisotopic (exact) mass is 206 g/mol. The maximum absolute atomic E-state index is 11.5. The molecule has 0 radical (unpaired) electrons. The van der Waals surface area contributed by atoms with Crippen LogP contribution in [0, 0.1) is 5.41 Å². The van der Waals surface area contributed by atoms with Crippen molar-refractivity contribution >= 4 is 11.8 Å². The average Bonchev–Trinajstić information content (AvgIpc) is 2.74. The van der Waals surface area contributed by atoms with Crippen LogP contribution in [-0.4, -0.2) is 22.0 Å². The number of nitrogens with zero attached hydrogens (tertiary/aromatic N) is 2. The Bertz CT molecular complexity index is 363.